The average Bonchev–Trinajstić information content (AvgIpc) is 3.40. The quantitative estimate of drug-likeness (QED) is 0.371. The zero-order valence-electron chi connectivity index (χ0n) is 21.1. The van der Waals surface area contributed by atoms with E-state index < -0.39 is 76.0 Å². The van der Waals surface area contributed by atoms with Gasteiger partial charge in [-0.05, 0) is 65.4 Å². The Kier molecular flexibility index (Phi) is 7.01. The number of hydrogen-bond donors (Lipinski definition) is 1. The molecule has 2 amide bonds. The van der Waals surface area contributed by atoms with E-state index in [2.05, 4.69) is 6.07 Å². The number of piperidine rings is 1. The van der Waals surface area contributed by atoms with Gasteiger partial charge < -0.3 is 20.3 Å². The zero-order chi connectivity index (χ0) is 27.3. The molecule has 2 unspecified atom stereocenters. The van der Waals surface area contributed by atoms with Gasteiger partial charge in [0.05, 0.1) is 11.6 Å². The van der Waals surface area contributed by atoms with Crippen molar-refractivity contribution >= 4 is 17.8 Å². The number of carbonyl (C=O) groups excluding carboxylic acids is 3. The fraction of sp³-hybridized carbons (Fsp3) is 0.615. The maximum Gasteiger partial charge on any atom is 0.336 e. The van der Waals surface area contributed by atoms with Gasteiger partial charge in [-0.3, -0.25) is 9.59 Å². The van der Waals surface area contributed by atoms with Crippen LogP contribution in [0.2, 0.25) is 0 Å². The van der Waals surface area contributed by atoms with Crippen LogP contribution in [0.5, 0.6) is 0 Å². The van der Waals surface area contributed by atoms with Crippen molar-refractivity contribution in [1.29, 1.82) is 5.26 Å². The van der Waals surface area contributed by atoms with Gasteiger partial charge in [-0.1, -0.05) is 0 Å². The summed E-state index contributed by atoms with van der Waals surface area (Å²) in [5.74, 6) is -6.97. The molecule has 3 saturated heterocycles. The first kappa shape index (κ1) is 26.9. The smallest absolute Gasteiger partial charge is 0.336 e. The zero-order valence-corrected chi connectivity index (χ0v) is 21.1. The number of ether oxygens (including phenoxy) is 1. The molecule has 11 heteroatoms. The predicted octanol–water partition coefficient (Wildman–Crippen LogP) is 3.04. The minimum atomic E-state index is -2.09. The lowest BCUT2D eigenvalue weighted by atomic mass is 9.74. The molecule has 2 bridgehead atoms. The summed E-state index contributed by atoms with van der Waals surface area (Å²) in [5.41, 5.74) is 3.08. The molecule has 3 aliphatic rings. The van der Waals surface area contributed by atoms with E-state index in [1.807, 2.05) is 0 Å². The second-order valence-electron chi connectivity index (χ2n) is 11.2. The van der Waals surface area contributed by atoms with Gasteiger partial charge in [0.25, 0.3) is 11.8 Å². The molecule has 1 aromatic carbocycles. The Hall–Kier alpha value is -3.13. The molecule has 0 radical (unpaired) electrons. The number of hydrogen-bond acceptors (Lipinski definition) is 6. The minimum Gasteiger partial charge on any atom is -0.458 e. The van der Waals surface area contributed by atoms with Gasteiger partial charge in [-0.2, -0.15) is 5.26 Å². The number of rotatable bonds is 4. The summed E-state index contributed by atoms with van der Waals surface area (Å²) in [4.78, 5) is 43.2. The number of amides is 2. The molecule has 0 saturated carbocycles. The third-order valence-corrected chi connectivity index (χ3v) is 7.61. The third kappa shape index (κ3) is 4.79. The van der Waals surface area contributed by atoms with E-state index in [1.165, 1.54) is 9.80 Å². The van der Waals surface area contributed by atoms with Gasteiger partial charge in [-0.25, -0.2) is 18.0 Å². The van der Waals surface area contributed by atoms with Crippen molar-refractivity contribution in [2.75, 3.05) is 6.54 Å². The molecule has 0 spiro atoms. The highest BCUT2D eigenvalue weighted by Crippen LogP contribution is 2.44. The molecule has 0 aliphatic carbocycles. The number of benzene rings is 1. The molecule has 8 nitrogen and oxygen atoms in total. The molecular weight excluding hydrogens is 489 g/mol. The van der Waals surface area contributed by atoms with Crippen LogP contribution in [0.4, 0.5) is 13.2 Å². The van der Waals surface area contributed by atoms with Crippen LogP contribution in [0.15, 0.2) is 12.1 Å². The van der Waals surface area contributed by atoms with Gasteiger partial charge in [0.15, 0.2) is 17.2 Å². The highest BCUT2D eigenvalue weighted by atomic mass is 19.2. The van der Waals surface area contributed by atoms with Crippen molar-refractivity contribution in [3.05, 3.63) is 35.1 Å². The van der Waals surface area contributed by atoms with Crippen molar-refractivity contribution in [2.24, 2.45) is 11.7 Å². The number of esters is 1. The Bertz CT molecular complexity index is 1150. The molecule has 3 aliphatic heterocycles. The lowest BCUT2D eigenvalue weighted by molar-refractivity contribution is -0.171. The highest BCUT2D eigenvalue weighted by Gasteiger charge is 2.58. The lowest BCUT2D eigenvalue weighted by Gasteiger charge is -2.45. The van der Waals surface area contributed by atoms with Gasteiger partial charge in [0.2, 0.25) is 0 Å². The molecule has 1 aromatic rings. The van der Waals surface area contributed by atoms with E-state index in [4.69, 9.17) is 10.5 Å². The summed E-state index contributed by atoms with van der Waals surface area (Å²) in [6.45, 7) is 5.26. The Morgan fingerprint density at radius 1 is 1.03 bits per heavy atom. The molecule has 4 rings (SSSR count). The van der Waals surface area contributed by atoms with Crippen LogP contribution in [0.3, 0.4) is 0 Å². The fourth-order valence-electron chi connectivity index (χ4n) is 5.88. The number of nitriles is 1. The van der Waals surface area contributed by atoms with E-state index in [0.717, 1.165) is 0 Å². The topological polar surface area (TPSA) is 117 Å². The summed E-state index contributed by atoms with van der Waals surface area (Å²) >= 11 is 0. The van der Waals surface area contributed by atoms with Crippen molar-refractivity contribution in [3.8, 4) is 6.07 Å². The van der Waals surface area contributed by atoms with E-state index in [0.29, 0.717) is 44.4 Å². The van der Waals surface area contributed by atoms with Crippen LogP contribution in [-0.2, 0) is 14.3 Å². The number of fused-ring (bicyclic) bond motifs is 2. The van der Waals surface area contributed by atoms with Crippen LogP contribution in [0.1, 0.15) is 69.7 Å². The fourth-order valence-corrected chi connectivity index (χ4v) is 5.88. The standard InChI is InChI=1S/C26H31F3N4O4/c1-25(2,3)37-24(36)26(31,23(35)32-8-4-5-17(32)13-30)14-9-15-6-7-16(10-14)33(15)22(34)18-11-20(28)21(29)12-19(18)27/h11-12,14-17H,4-10,31H2,1-3H3/t14?,15?,16?,17-,26-/m0/s1. The van der Waals surface area contributed by atoms with Crippen LogP contribution in [0.25, 0.3) is 0 Å². The van der Waals surface area contributed by atoms with Gasteiger partial charge >= 0.3 is 5.97 Å². The van der Waals surface area contributed by atoms with Crippen LogP contribution >= 0.6 is 0 Å². The largest absolute Gasteiger partial charge is 0.458 e. The van der Waals surface area contributed by atoms with Crippen molar-refractivity contribution in [1.82, 2.24) is 9.80 Å². The van der Waals surface area contributed by atoms with Crippen molar-refractivity contribution in [2.45, 2.75) is 88.6 Å². The average molecular weight is 521 g/mol. The first-order valence-corrected chi connectivity index (χ1v) is 12.5. The number of halogens is 3. The number of nitrogens with two attached hydrogens (primary N) is 1. The third-order valence-electron chi connectivity index (χ3n) is 7.61. The van der Waals surface area contributed by atoms with Crippen LogP contribution in [-0.4, -0.2) is 63.4 Å². The molecule has 37 heavy (non-hydrogen) atoms. The first-order chi connectivity index (χ1) is 17.3. The summed E-state index contributed by atoms with van der Waals surface area (Å²) in [7, 11) is 0. The molecule has 200 valence electrons. The lowest BCUT2D eigenvalue weighted by Crippen LogP contribution is -2.68. The monoisotopic (exact) mass is 520 g/mol. The van der Waals surface area contributed by atoms with Gasteiger partial charge in [-0.15, -0.1) is 0 Å². The maximum absolute atomic E-state index is 14.4. The highest BCUT2D eigenvalue weighted by molar-refractivity contribution is 6.08. The summed E-state index contributed by atoms with van der Waals surface area (Å²) < 4.78 is 47.2. The predicted molar refractivity (Wildman–Crippen MR) is 125 cm³/mol. The Balaban J connectivity index is 1.65. The van der Waals surface area contributed by atoms with E-state index in [1.54, 1.807) is 20.8 Å². The van der Waals surface area contributed by atoms with E-state index >= 15 is 0 Å². The Labute approximate surface area is 213 Å². The molecule has 4 atom stereocenters. The van der Waals surface area contributed by atoms with Crippen LogP contribution < -0.4 is 5.73 Å². The normalized spacial score (nSPS) is 27.0. The van der Waals surface area contributed by atoms with Gasteiger partial charge in [0, 0.05) is 30.6 Å². The maximum atomic E-state index is 14.4. The molecule has 2 N–H and O–H groups in total. The second-order valence-corrected chi connectivity index (χ2v) is 11.2. The number of carbonyl (C=O) groups is 3. The minimum absolute atomic E-state index is 0.153. The van der Waals surface area contributed by atoms with Crippen molar-refractivity contribution in [3.63, 3.8) is 0 Å². The summed E-state index contributed by atoms with van der Waals surface area (Å²) in [5, 5.41) is 9.52. The summed E-state index contributed by atoms with van der Waals surface area (Å²) in [6.07, 6.45) is 2.42. The second kappa shape index (κ2) is 9.63. The van der Waals surface area contributed by atoms with E-state index in [9.17, 15) is 32.8 Å². The van der Waals surface area contributed by atoms with Crippen LogP contribution in [0, 0.1) is 34.7 Å². The molecule has 3 fully saturated rings. The summed E-state index contributed by atoms with van der Waals surface area (Å²) in [6, 6.07) is 1.29. The molecule has 0 aromatic heterocycles. The Morgan fingerprint density at radius 2 is 1.62 bits per heavy atom. The number of likely N-dealkylation sites (tertiary alicyclic amines) is 1. The SMILES string of the molecule is CC(C)(C)OC(=O)[C@@](N)(C(=O)N1CCC[C@H]1C#N)C1CC2CCC(C1)N2C(=O)c1cc(F)c(F)cc1F. The molecular formula is C26H31F3N4O4. The Morgan fingerprint density at radius 3 is 2.19 bits per heavy atom. The van der Waals surface area contributed by atoms with Gasteiger partial charge in [0.1, 0.15) is 17.5 Å². The molecule has 3 heterocycles. The van der Waals surface area contributed by atoms with Crippen molar-refractivity contribution < 1.29 is 32.3 Å². The first-order valence-electron chi connectivity index (χ1n) is 12.5. The number of nitrogens with zero attached hydrogens (tertiary/aromatic N) is 3. The van der Waals surface area contributed by atoms with E-state index in [-0.39, 0.29) is 12.8 Å².